The summed E-state index contributed by atoms with van der Waals surface area (Å²) in [6.45, 7) is 1.77. The Morgan fingerprint density at radius 1 is 1.22 bits per heavy atom. The number of hydrogen-bond donors (Lipinski definition) is 2. The summed E-state index contributed by atoms with van der Waals surface area (Å²) in [7, 11) is -3.69. The van der Waals surface area contributed by atoms with Gasteiger partial charge in [0.15, 0.2) is 0 Å². The maximum absolute atomic E-state index is 12.0. The Bertz CT molecular complexity index is 669. The maximum atomic E-state index is 12.0. The van der Waals surface area contributed by atoms with Crippen LogP contribution < -0.4 is 4.72 Å². The SMILES string of the molecule is Cc1cc(NS(=O)(=O)c2cccc(O)c2)ccn1. The number of pyridine rings is 1. The molecule has 2 rings (SSSR count). The van der Waals surface area contributed by atoms with E-state index >= 15 is 0 Å². The molecule has 0 saturated carbocycles. The molecule has 0 atom stereocenters. The van der Waals surface area contributed by atoms with Crippen LogP contribution in [0.2, 0.25) is 0 Å². The molecule has 94 valence electrons. The predicted octanol–water partition coefficient (Wildman–Crippen LogP) is 1.90. The quantitative estimate of drug-likeness (QED) is 0.887. The van der Waals surface area contributed by atoms with Crippen molar-refractivity contribution in [1.82, 2.24) is 4.98 Å². The average Bonchev–Trinajstić information content (AvgIpc) is 2.28. The summed E-state index contributed by atoms with van der Waals surface area (Å²) in [5, 5.41) is 9.28. The Morgan fingerprint density at radius 2 is 2.00 bits per heavy atom. The van der Waals surface area contributed by atoms with Crippen LogP contribution in [0.15, 0.2) is 47.5 Å². The summed E-state index contributed by atoms with van der Waals surface area (Å²) < 4.78 is 26.5. The van der Waals surface area contributed by atoms with Gasteiger partial charge in [-0.2, -0.15) is 0 Å². The molecule has 18 heavy (non-hydrogen) atoms. The van der Waals surface area contributed by atoms with Crippen LogP contribution in [0.4, 0.5) is 5.69 Å². The molecule has 0 saturated heterocycles. The van der Waals surface area contributed by atoms with Crippen LogP contribution in [0.3, 0.4) is 0 Å². The summed E-state index contributed by atoms with van der Waals surface area (Å²) in [5.74, 6) is -0.0937. The molecule has 0 aliphatic rings. The Kier molecular flexibility index (Phi) is 3.20. The van der Waals surface area contributed by atoms with Crippen molar-refractivity contribution in [2.45, 2.75) is 11.8 Å². The van der Waals surface area contributed by atoms with E-state index in [4.69, 9.17) is 0 Å². The molecule has 1 heterocycles. The van der Waals surface area contributed by atoms with Crippen molar-refractivity contribution in [3.05, 3.63) is 48.3 Å². The molecular weight excluding hydrogens is 252 g/mol. The van der Waals surface area contributed by atoms with Gasteiger partial charge in [-0.15, -0.1) is 0 Å². The van der Waals surface area contributed by atoms with Gasteiger partial charge in [0.25, 0.3) is 10.0 Å². The smallest absolute Gasteiger partial charge is 0.262 e. The van der Waals surface area contributed by atoms with Gasteiger partial charge in [-0.25, -0.2) is 8.42 Å². The van der Waals surface area contributed by atoms with E-state index in [0.29, 0.717) is 11.4 Å². The first-order valence-corrected chi connectivity index (χ1v) is 6.70. The lowest BCUT2D eigenvalue weighted by Crippen LogP contribution is -2.12. The number of rotatable bonds is 3. The number of aryl methyl sites for hydroxylation is 1. The molecule has 0 amide bonds. The Hall–Kier alpha value is -2.08. The molecular formula is C12H12N2O3S. The lowest BCUT2D eigenvalue weighted by Gasteiger charge is -2.08. The second-order valence-electron chi connectivity index (χ2n) is 3.79. The largest absolute Gasteiger partial charge is 0.508 e. The van der Waals surface area contributed by atoms with Gasteiger partial charge in [-0.1, -0.05) is 6.07 Å². The average molecular weight is 264 g/mol. The van der Waals surface area contributed by atoms with Crippen molar-refractivity contribution in [2.75, 3.05) is 4.72 Å². The lowest BCUT2D eigenvalue weighted by molar-refractivity contribution is 0.473. The highest BCUT2D eigenvalue weighted by Crippen LogP contribution is 2.19. The van der Waals surface area contributed by atoms with E-state index in [9.17, 15) is 13.5 Å². The second-order valence-corrected chi connectivity index (χ2v) is 5.47. The molecule has 0 fully saturated rings. The van der Waals surface area contributed by atoms with Gasteiger partial charge in [0, 0.05) is 18.0 Å². The van der Waals surface area contributed by atoms with Crippen molar-refractivity contribution < 1.29 is 13.5 Å². The standard InChI is InChI=1S/C12H12N2O3S/c1-9-7-10(5-6-13-9)14-18(16,17)12-4-2-3-11(15)8-12/h2-8,15H,1H3,(H,13,14). The maximum Gasteiger partial charge on any atom is 0.262 e. The zero-order valence-electron chi connectivity index (χ0n) is 9.66. The Labute approximate surface area is 105 Å². The van der Waals surface area contributed by atoms with Gasteiger partial charge in [0.05, 0.1) is 10.6 Å². The zero-order valence-corrected chi connectivity index (χ0v) is 10.5. The number of phenols is 1. The molecule has 0 aliphatic carbocycles. The van der Waals surface area contributed by atoms with E-state index in [1.54, 1.807) is 19.1 Å². The van der Waals surface area contributed by atoms with Crippen molar-refractivity contribution in [3.63, 3.8) is 0 Å². The van der Waals surface area contributed by atoms with Gasteiger partial charge < -0.3 is 5.11 Å². The number of hydrogen-bond acceptors (Lipinski definition) is 4. The molecule has 0 radical (unpaired) electrons. The van der Waals surface area contributed by atoms with Gasteiger partial charge in [0.2, 0.25) is 0 Å². The monoisotopic (exact) mass is 264 g/mol. The van der Waals surface area contributed by atoms with Gasteiger partial charge in [-0.05, 0) is 31.2 Å². The molecule has 0 unspecified atom stereocenters. The van der Waals surface area contributed by atoms with Crippen LogP contribution in [-0.2, 0) is 10.0 Å². The number of nitrogens with zero attached hydrogens (tertiary/aromatic N) is 1. The van der Waals surface area contributed by atoms with Crippen LogP contribution >= 0.6 is 0 Å². The second kappa shape index (κ2) is 4.66. The number of aromatic nitrogens is 1. The summed E-state index contributed by atoms with van der Waals surface area (Å²) in [4.78, 5) is 3.99. The lowest BCUT2D eigenvalue weighted by atomic mass is 10.3. The number of benzene rings is 1. The minimum Gasteiger partial charge on any atom is -0.508 e. The van der Waals surface area contributed by atoms with Crippen LogP contribution in [0.1, 0.15) is 5.69 Å². The van der Waals surface area contributed by atoms with E-state index in [0.717, 1.165) is 0 Å². The molecule has 1 aromatic carbocycles. The summed E-state index contributed by atoms with van der Waals surface area (Å²) in [6, 6.07) is 8.68. The number of aromatic hydroxyl groups is 1. The van der Waals surface area contributed by atoms with E-state index < -0.39 is 10.0 Å². The minimum atomic E-state index is -3.69. The summed E-state index contributed by atoms with van der Waals surface area (Å²) in [6.07, 6.45) is 1.52. The number of phenolic OH excluding ortho intramolecular Hbond substituents is 1. The van der Waals surface area contributed by atoms with Crippen LogP contribution in [-0.4, -0.2) is 18.5 Å². The minimum absolute atomic E-state index is 0.0111. The van der Waals surface area contributed by atoms with E-state index in [1.807, 2.05) is 0 Å². The first-order valence-electron chi connectivity index (χ1n) is 5.22. The molecule has 0 spiro atoms. The van der Waals surface area contributed by atoms with Crippen molar-refractivity contribution in [2.24, 2.45) is 0 Å². The van der Waals surface area contributed by atoms with E-state index in [1.165, 1.54) is 30.5 Å². The normalized spacial score (nSPS) is 11.2. The topological polar surface area (TPSA) is 79.3 Å². The number of anilines is 1. The first-order chi connectivity index (χ1) is 8.47. The molecule has 0 aliphatic heterocycles. The third-order valence-electron chi connectivity index (χ3n) is 2.28. The molecule has 0 bridgehead atoms. The fraction of sp³-hybridized carbons (Fsp3) is 0.0833. The number of nitrogens with one attached hydrogen (secondary N) is 1. The molecule has 2 aromatic rings. The third kappa shape index (κ3) is 2.78. The van der Waals surface area contributed by atoms with Gasteiger partial charge in [-0.3, -0.25) is 9.71 Å². The van der Waals surface area contributed by atoms with E-state index in [-0.39, 0.29) is 10.6 Å². The predicted molar refractivity (Wildman–Crippen MR) is 67.9 cm³/mol. The van der Waals surface area contributed by atoms with Crippen LogP contribution in [0.5, 0.6) is 5.75 Å². The summed E-state index contributed by atoms with van der Waals surface area (Å²) >= 11 is 0. The highest BCUT2D eigenvalue weighted by atomic mass is 32.2. The zero-order chi connectivity index (χ0) is 13.2. The van der Waals surface area contributed by atoms with Crippen LogP contribution in [0.25, 0.3) is 0 Å². The molecule has 5 nitrogen and oxygen atoms in total. The highest BCUT2D eigenvalue weighted by Gasteiger charge is 2.14. The molecule has 6 heteroatoms. The van der Waals surface area contributed by atoms with Crippen LogP contribution in [0, 0.1) is 6.92 Å². The third-order valence-corrected chi connectivity index (χ3v) is 3.66. The first kappa shape index (κ1) is 12.4. The molecule has 2 N–H and O–H groups in total. The fourth-order valence-electron chi connectivity index (χ4n) is 1.47. The summed E-state index contributed by atoms with van der Waals surface area (Å²) in [5.41, 5.74) is 1.15. The van der Waals surface area contributed by atoms with Crippen molar-refractivity contribution >= 4 is 15.7 Å². The van der Waals surface area contributed by atoms with Gasteiger partial charge >= 0.3 is 0 Å². The van der Waals surface area contributed by atoms with Crippen molar-refractivity contribution in [1.29, 1.82) is 0 Å². The van der Waals surface area contributed by atoms with E-state index in [2.05, 4.69) is 9.71 Å². The fourth-order valence-corrected chi connectivity index (χ4v) is 2.56. The molecule has 1 aromatic heterocycles. The number of sulfonamides is 1. The Morgan fingerprint density at radius 3 is 2.67 bits per heavy atom. The van der Waals surface area contributed by atoms with Crippen molar-refractivity contribution in [3.8, 4) is 5.75 Å². The Balaban J connectivity index is 2.33. The highest BCUT2D eigenvalue weighted by molar-refractivity contribution is 7.92. The van der Waals surface area contributed by atoms with Gasteiger partial charge in [0.1, 0.15) is 5.75 Å².